The zero-order valence-electron chi connectivity index (χ0n) is 17.9. The lowest BCUT2D eigenvalue weighted by Gasteiger charge is -2.19. The van der Waals surface area contributed by atoms with E-state index < -0.39 is 18.3 Å². The van der Waals surface area contributed by atoms with Crippen molar-refractivity contribution in [2.75, 3.05) is 13.2 Å². The third-order valence-corrected chi connectivity index (χ3v) is 6.23. The van der Waals surface area contributed by atoms with Crippen molar-refractivity contribution in [3.8, 4) is 11.1 Å². The number of amides is 1. The number of hydrogen-bond acceptors (Lipinski definition) is 5. The maximum Gasteiger partial charge on any atom is 0.407 e. The Morgan fingerprint density at radius 2 is 1.73 bits per heavy atom. The van der Waals surface area contributed by atoms with Gasteiger partial charge in [0.15, 0.2) is 0 Å². The summed E-state index contributed by atoms with van der Waals surface area (Å²) in [6, 6.07) is 21.7. The number of carbonyl (C=O) groups is 1. The second-order valence-corrected chi connectivity index (χ2v) is 8.27. The number of nitrogens with zero attached hydrogens (tertiary/aromatic N) is 1. The van der Waals surface area contributed by atoms with Gasteiger partial charge in [0, 0.05) is 17.8 Å². The largest absolute Gasteiger partial charge is 0.449 e. The smallest absolute Gasteiger partial charge is 0.407 e. The van der Waals surface area contributed by atoms with Crippen LogP contribution in [0.25, 0.3) is 22.0 Å². The molecule has 5 rings (SSSR count). The minimum absolute atomic E-state index is 0.00652. The third-order valence-electron chi connectivity index (χ3n) is 6.23. The van der Waals surface area contributed by atoms with Crippen molar-refractivity contribution in [3.63, 3.8) is 0 Å². The van der Waals surface area contributed by atoms with Gasteiger partial charge in [-0.25, -0.2) is 4.79 Å². The predicted molar refractivity (Wildman–Crippen MR) is 125 cm³/mol. The van der Waals surface area contributed by atoms with Gasteiger partial charge >= 0.3 is 6.09 Å². The number of hydrogen-bond donors (Lipinski definition) is 4. The van der Waals surface area contributed by atoms with Crippen LogP contribution in [0.5, 0.6) is 0 Å². The van der Waals surface area contributed by atoms with Crippen molar-refractivity contribution >= 4 is 17.0 Å². The Bertz CT molecular complexity index is 1240. The summed E-state index contributed by atoms with van der Waals surface area (Å²) in [7, 11) is 0. The van der Waals surface area contributed by atoms with Gasteiger partial charge in [-0.2, -0.15) is 5.10 Å². The SMILES string of the molecule is O=C(NCCC(O)C(O)c1ccc2cn[nH]c2c1)OCC1c2ccccc2-c2ccccc21. The van der Waals surface area contributed by atoms with Crippen molar-refractivity contribution in [2.24, 2.45) is 0 Å². The molecule has 0 spiro atoms. The highest BCUT2D eigenvalue weighted by molar-refractivity contribution is 5.79. The summed E-state index contributed by atoms with van der Waals surface area (Å²) in [4.78, 5) is 12.3. The summed E-state index contributed by atoms with van der Waals surface area (Å²) in [6.45, 7) is 0.413. The lowest BCUT2D eigenvalue weighted by Crippen LogP contribution is -2.30. The first-order valence-corrected chi connectivity index (χ1v) is 11.0. The Hall–Kier alpha value is -3.68. The van der Waals surface area contributed by atoms with Crippen molar-refractivity contribution in [2.45, 2.75) is 24.5 Å². The molecule has 0 bridgehead atoms. The number of carbonyl (C=O) groups excluding carboxylic acids is 1. The molecule has 2 unspecified atom stereocenters. The van der Waals surface area contributed by atoms with Crippen LogP contribution in [0.4, 0.5) is 4.79 Å². The molecule has 0 fully saturated rings. The van der Waals surface area contributed by atoms with Crippen LogP contribution in [0.15, 0.2) is 72.9 Å². The zero-order chi connectivity index (χ0) is 22.8. The molecule has 0 aliphatic heterocycles. The van der Waals surface area contributed by atoms with Crippen LogP contribution >= 0.6 is 0 Å². The van der Waals surface area contributed by atoms with Crippen molar-refractivity contribution < 1.29 is 19.7 Å². The maximum absolute atomic E-state index is 12.3. The van der Waals surface area contributed by atoms with Crippen LogP contribution < -0.4 is 5.32 Å². The van der Waals surface area contributed by atoms with E-state index in [1.807, 2.05) is 30.3 Å². The molecule has 168 valence electrons. The highest BCUT2D eigenvalue weighted by atomic mass is 16.5. The van der Waals surface area contributed by atoms with E-state index in [0.717, 1.165) is 22.0 Å². The first kappa shape index (κ1) is 21.2. The number of fused-ring (bicyclic) bond motifs is 4. The average molecular weight is 444 g/mol. The minimum Gasteiger partial charge on any atom is -0.449 e. The fourth-order valence-electron chi connectivity index (χ4n) is 4.49. The average Bonchev–Trinajstić information content (AvgIpc) is 3.44. The van der Waals surface area contributed by atoms with Crippen LogP contribution in [-0.2, 0) is 4.74 Å². The number of alkyl carbamates (subject to hydrolysis) is 1. The molecule has 3 aromatic carbocycles. The summed E-state index contributed by atoms with van der Waals surface area (Å²) < 4.78 is 5.50. The van der Waals surface area contributed by atoms with Crippen molar-refractivity contribution in [3.05, 3.63) is 89.6 Å². The monoisotopic (exact) mass is 443 g/mol. The number of rotatable bonds is 7. The highest BCUT2D eigenvalue weighted by Crippen LogP contribution is 2.44. The molecular formula is C26H25N3O4. The summed E-state index contributed by atoms with van der Waals surface area (Å²) >= 11 is 0. The van der Waals surface area contributed by atoms with E-state index in [2.05, 4.69) is 39.8 Å². The maximum atomic E-state index is 12.3. The molecule has 2 atom stereocenters. The number of H-pyrrole nitrogens is 1. The molecule has 4 aromatic rings. The number of aliphatic hydroxyl groups excluding tert-OH is 2. The minimum atomic E-state index is -1.07. The molecule has 33 heavy (non-hydrogen) atoms. The Morgan fingerprint density at radius 1 is 1.03 bits per heavy atom. The number of ether oxygens (including phenoxy) is 1. The van der Waals surface area contributed by atoms with Gasteiger partial charge in [-0.3, -0.25) is 5.10 Å². The number of nitrogens with one attached hydrogen (secondary N) is 2. The molecule has 1 aliphatic rings. The van der Waals surface area contributed by atoms with Crippen LogP contribution in [-0.4, -0.2) is 45.8 Å². The van der Waals surface area contributed by atoms with Crippen molar-refractivity contribution in [1.29, 1.82) is 0 Å². The van der Waals surface area contributed by atoms with E-state index in [1.54, 1.807) is 18.3 Å². The molecule has 1 amide bonds. The van der Waals surface area contributed by atoms with E-state index in [0.29, 0.717) is 5.56 Å². The van der Waals surface area contributed by atoms with Gasteiger partial charge in [0.25, 0.3) is 0 Å². The van der Waals surface area contributed by atoms with Crippen LogP contribution in [0, 0.1) is 0 Å². The Morgan fingerprint density at radius 3 is 2.45 bits per heavy atom. The number of aliphatic hydroxyl groups is 2. The van der Waals surface area contributed by atoms with Gasteiger partial charge in [0.2, 0.25) is 0 Å². The summed E-state index contributed by atoms with van der Waals surface area (Å²) in [5, 5.41) is 31.2. The number of benzene rings is 3. The Kier molecular flexibility index (Phi) is 5.81. The predicted octanol–water partition coefficient (Wildman–Crippen LogP) is 3.89. The van der Waals surface area contributed by atoms with Crippen molar-refractivity contribution in [1.82, 2.24) is 15.5 Å². The summed E-state index contributed by atoms with van der Waals surface area (Å²) in [6.07, 6.45) is -0.759. The molecule has 1 aromatic heterocycles. The first-order valence-electron chi connectivity index (χ1n) is 11.0. The molecule has 0 saturated heterocycles. The molecule has 4 N–H and O–H groups in total. The van der Waals surface area contributed by atoms with E-state index in [9.17, 15) is 15.0 Å². The molecule has 0 saturated carbocycles. The summed E-state index contributed by atoms with van der Waals surface area (Å²) in [5.74, 6) is -0.00652. The lowest BCUT2D eigenvalue weighted by molar-refractivity contribution is 0.0137. The van der Waals surface area contributed by atoms with E-state index in [1.165, 1.54) is 11.1 Å². The van der Waals surface area contributed by atoms with Gasteiger partial charge in [-0.15, -0.1) is 0 Å². The highest BCUT2D eigenvalue weighted by Gasteiger charge is 2.29. The molecule has 7 heteroatoms. The standard InChI is InChI=1S/C26H25N3O4/c30-24(25(31)16-9-10-17-14-28-29-23(17)13-16)11-12-27-26(32)33-15-22-20-7-3-1-5-18(20)19-6-2-4-8-21(19)22/h1-10,13-14,22,24-25,30-31H,11-12,15H2,(H,27,32)(H,28,29). The van der Waals surface area contributed by atoms with E-state index in [-0.39, 0.29) is 25.5 Å². The zero-order valence-corrected chi connectivity index (χ0v) is 17.9. The molecule has 0 radical (unpaired) electrons. The fourth-order valence-corrected chi connectivity index (χ4v) is 4.49. The lowest BCUT2D eigenvalue weighted by atomic mass is 9.98. The Balaban J connectivity index is 1.13. The second kappa shape index (κ2) is 9.05. The van der Waals surface area contributed by atoms with Gasteiger partial charge in [-0.05, 0) is 40.3 Å². The van der Waals surface area contributed by atoms with Crippen LogP contribution in [0.1, 0.15) is 35.1 Å². The molecular weight excluding hydrogens is 418 g/mol. The molecule has 1 heterocycles. The van der Waals surface area contributed by atoms with Gasteiger partial charge in [-0.1, -0.05) is 60.7 Å². The summed E-state index contributed by atoms with van der Waals surface area (Å²) in [5.41, 5.74) is 6.02. The number of aromatic nitrogens is 2. The van der Waals surface area contributed by atoms with Gasteiger partial charge in [0.1, 0.15) is 12.7 Å². The van der Waals surface area contributed by atoms with Gasteiger partial charge < -0.3 is 20.3 Å². The number of aromatic amines is 1. The molecule has 7 nitrogen and oxygen atoms in total. The van der Waals surface area contributed by atoms with Crippen LogP contribution in [0.3, 0.4) is 0 Å². The first-order chi connectivity index (χ1) is 16.1. The van der Waals surface area contributed by atoms with Gasteiger partial charge in [0.05, 0.1) is 17.8 Å². The topological polar surface area (TPSA) is 107 Å². The molecule has 1 aliphatic carbocycles. The van der Waals surface area contributed by atoms with Crippen LogP contribution in [0.2, 0.25) is 0 Å². The fraction of sp³-hybridized carbons (Fsp3) is 0.231. The van der Waals surface area contributed by atoms with E-state index >= 15 is 0 Å². The van der Waals surface area contributed by atoms with E-state index in [4.69, 9.17) is 4.74 Å². The quantitative estimate of drug-likeness (QED) is 0.347. The Labute approximate surface area is 191 Å². The third kappa shape index (κ3) is 4.20. The normalized spacial score (nSPS) is 14.5. The second-order valence-electron chi connectivity index (χ2n) is 8.27.